The van der Waals surface area contributed by atoms with Crippen LogP contribution in [0.1, 0.15) is 18.4 Å². The Morgan fingerprint density at radius 2 is 2.35 bits per heavy atom. The van der Waals surface area contributed by atoms with Crippen LogP contribution in [0.25, 0.3) is 0 Å². The smallest absolute Gasteiger partial charge is 0.137 e. The van der Waals surface area contributed by atoms with Gasteiger partial charge in [-0.3, -0.25) is 4.90 Å². The van der Waals surface area contributed by atoms with Crippen LogP contribution in [0.2, 0.25) is 0 Å². The topological polar surface area (TPSA) is 12.5 Å². The number of nitrogens with zero attached hydrogens (tertiary/aromatic N) is 1. The van der Waals surface area contributed by atoms with Crippen molar-refractivity contribution in [1.29, 1.82) is 0 Å². The van der Waals surface area contributed by atoms with Crippen LogP contribution >= 0.6 is 15.9 Å². The highest BCUT2D eigenvalue weighted by molar-refractivity contribution is 9.10. The van der Waals surface area contributed by atoms with Crippen LogP contribution in [0, 0.1) is 5.82 Å². The van der Waals surface area contributed by atoms with Gasteiger partial charge < -0.3 is 4.74 Å². The highest BCUT2D eigenvalue weighted by Crippen LogP contribution is 2.23. The zero-order valence-electron chi connectivity index (χ0n) is 9.96. The molecule has 0 saturated carbocycles. The van der Waals surface area contributed by atoms with Crippen LogP contribution in [0.15, 0.2) is 22.7 Å². The van der Waals surface area contributed by atoms with Gasteiger partial charge in [-0.2, -0.15) is 0 Å². The second-order valence-electron chi connectivity index (χ2n) is 4.45. The van der Waals surface area contributed by atoms with Gasteiger partial charge in [0, 0.05) is 20.2 Å². The minimum atomic E-state index is -0.192. The Hall–Kier alpha value is -0.450. The number of hydrogen-bond donors (Lipinski definition) is 0. The first-order valence-corrected chi connectivity index (χ1v) is 6.68. The van der Waals surface area contributed by atoms with E-state index in [1.54, 1.807) is 13.2 Å². The molecule has 0 amide bonds. The number of halogens is 2. The van der Waals surface area contributed by atoms with Crippen molar-refractivity contribution in [3.8, 4) is 0 Å². The third-order valence-corrected chi connectivity index (χ3v) is 4.11. The maximum Gasteiger partial charge on any atom is 0.137 e. The molecule has 1 aliphatic rings. The Morgan fingerprint density at radius 3 is 3.12 bits per heavy atom. The van der Waals surface area contributed by atoms with Crippen LogP contribution in [-0.2, 0) is 11.3 Å². The number of methoxy groups -OCH3 is 1. The van der Waals surface area contributed by atoms with E-state index < -0.39 is 0 Å². The first kappa shape index (κ1) is 13.0. The van der Waals surface area contributed by atoms with Crippen LogP contribution < -0.4 is 0 Å². The van der Waals surface area contributed by atoms with Crippen molar-refractivity contribution in [2.24, 2.45) is 0 Å². The van der Waals surface area contributed by atoms with Crippen LogP contribution in [0.5, 0.6) is 0 Å². The summed E-state index contributed by atoms with van der Waals surface area (Å²) in [6, 6.07) is 5.19. The van der Waals surface area contributed by atoms with Crippen molar-refractivity contribution in [3.05, 3.63) is 34.1 Å². The molecular weight excluding hydrogens is 285 g/mol. The number of benzene rings is 1. The molecule has 1 heterocycles. The lowest BCUT2D eigenvalue weighted by molar-refractivity contribution is 0.0284. The average molecular weight is 302 g/mol. The van der Waals surface area contributed by atoms with Crippen molar-refractivity contribution in [2.75, 3.05) is 20.2 Å². The second-order valence-corrected chi connectivity index (χ2v) is 5.24. The van der Waals surface area contributed by atoms with Crippen molar-refractivity contribution in [3.63, 3.8) is 0 Å². The standard InChI is InChI=1S/C13H17BrFNO/c1-17-11-5-3-7-16(9-11)8-10-4-2-6-12(15)13(10)14/h2,4,6,11H,3,5,7-9H2,1H3. The van der Waals surface area contributed by atoms with Gasteiger partial charge in [0.15, 0.2) is 0 Å². The van der Waals surface area contributed by atoms with Gasteiger partial charge in [0.2, 0.25) is 0 Å². The Labute approximate surface area is 110 Å². The molecule has 2 nitrogen and oxygen atoms in total. The lowest BCUT2D eigenvalue weighted by Crippen LogP contribution is -2.38. The summed E-state index contributed by atoms with van der Waals surface area (Å²) in [5.41, 5.74) is 1.00. The van der Waals surface area contributed by atoms with Crippen molar-refractivity contribution < 1.29 is 9.13 Å². The summed E-state index contributed by atoms with van der Waals surface area (Å²) in [5.74, 6) is -0.192. The molecule has 1 aromatic carbocycles. The van der Waals surface area contributed by atoms with E-state index in [4.69, 9.17) is 4.74 Å². The lowest BCUT2D eigenvalue weighted by atomic mass is 10.1. The molecule has 1 aromatic rings. The minimum absolute atomic E-state index is 0.192. The van der Waals surface area contributed by atoms with Crippen LogP contribution in [-0.4, -0.2) is 31.2 Å². The SMILES string of the molecule is COC1CCCN(Cc2cccc(F)c2Br)C1. The van der Waals surface area contributed by atoms with Crippen molar-refractivity contribution in [2.45, 2.75) is 25.5 Å². The normalized spacial score (nSPS) is 21.7. The summed E-state index contributed by atoms with van der Waals surface area (Å²) >= 11 is 3.31. The molecular formula is C13H17BrFNO. The summed E-state index contributed by atoms with van der Waals surface area (Å²) < 4.78 is 19.4. The Kier molecular flexibility index (Phi) is 4.54. The van der Waals surface area contributed by atoms with Crippen LogP contribution in [0.4, 0.5) is 4.39 Å². The van der Waals surface area contributed by atoms with Gasteiger partial charge in [0.1, 0.15) is 5.82 Å². The highest BCUT2D eigenvalue weighted by Gasteiger charge is 2.20. The Morgan fingerprint density at radius 1 is 1.53 bits per heavy atom. The molecule has 1 atom stereocenters. The predicted octanol–water partition coefficient (Wildman–Crippen LogP) is 3.20. The largest absolute Gasteiger partial charge is 0.380 e. The minimum Gasteiger partial charge on any atom is -0.380 e. The van der Waals surface area contributed by atoms with E-state index in [9.17, 15) is 4.39 Å². The van der Waals surface area contributed by atoms with E-state index >= 15 is 0 Å². The molecule has 17 heavy (non-hydrogen) atoms. The fourth-order valence-corrected chi connectivity index (χ4v) is 2.65. The quantitative estimate of drug-likeness (QED) is 0.850. The predicted molar refractivity (Wildman–Crippen MR) is 69.4 cm³/mol. The van der Waals surface area contributed by atoms with E-state index in [0.717, 1.165) is 38.0 Å². The van der Waals surface area contributed by atoms with E-state index in [0.29, 0.717) is 10.6 Å². The molecule has 0 aromatic heterocycles. The van der Waals surface area contributed by atoms with E-state index in [1.165, 1.54) is 6.07 Å². The molecule has 4 heteroatoms. The first-order chi connectivity index (χ1) is 8.20. The van der Waals surface area contributed by atoms with Crippen LogP contribution in [0.3, 0.4) is 0 Å². The number of piperidine rings is 1. The molecule has 1 saturated heterocycles. The molecule has 0 radical (unpaired) electrons. The van der Waals surface area contributed by atoms with E-state index in [1.807, 2.05) is 6.07 Å². The zero-order valence-corrected chi connectivity index (χ0v) is 11.5. The van der Waals surface area contributed by atoms with Crippen molar-refractivity contribution in [1.82, 2.24) is 4.90 Å². The molecule has 1 aliphatic heterocycles. The number of rotatable bonds is 3. The van der Waals surface area contributed by atoms with Gasteiger partial charge in [0.05, 0.1) is 10.6 Å². The Bertz CT molecular complexity index is 386. The maximum atomic E-state index is 13.4. The molecule has 2 rings (SSSR count). The zero-order chi connectivity index (χ0) is 12.3. The molecule has 0 aliphatic carbocycles. The van der Waals surface area contributed by atoms with E-state index in [2.05, 4.69) is 20.8 Å². The first-order valence-electron chi connectivity index (χ1n) is 5.88. The molecule has 1 unspecified atom stereocenters. The Balaban J connectivity index is 2.02. The van der Waals surface area contributed by atoms with Crippen molar-refractivity contribution >= 4 is 15.9 Å². The second kappa shape index (κ2) is 5.94. The number of likely N-dealkylation sites (tertiary alicyclic amines) is 1. The summed E-state index contributed by atoms with van der Waals surface area (Å²) in [6.45, 7) is 2.76. The monoisotopic (exact) mass is 301 g/mol. The van der Waals surface area contributed by atoms with Gasteiger partial charge in [-0.1, -0.05) is 12.1 Å². The average Bonchev–Trinajstić information content (AvgIpc) is 2.35. The van der Waals surface area contributed by atoms with E-state index in [-0.39, 0.29) is 5.82 Å². The summed E-state index contributed by atoms with van der Waals surface area (Å²) in [6.07, 6.45) is 2.58. The summed E-state index contributed by atoms with van der Waals surface area (Å²) in [5, 5.41) is 0. The van der Waals surface area contributed by atoms with Gasteiger partial charge >= 0.3 is 0 Å². The third kappa shape index (κ3) is 3.27. The highest BCUT2D eigenvalue weighted by atomic mass is 79.9. The molecule has 94 valence electrons. The number of hydrogen-bond acceptors (Lipinski definition) is 2. The number of ether oxygens (including phenoxy) is 1. The summed E-state index contributed by atoms with van der Waals surface area (Å²) in [4.78, 5) is 2.32. The molecule has 0 spiro atoms. The van der Waals surface area contributed by atoms with Gasteiger partial charge in [-0.25, -0.2) is 4.39 Å². The summed E-state index contributed by atoms with van der Waals surface area (Å²) in [7, 11) is 1.76. The molecule has 0 N–H and O–H groups in total. The molecule has 1 fully saturated rings. The fourth-order valence-electron chi connectivity index (χ4n) is 2.26. The lowest BCUT2D eigenvalue weighted by Gasteiger charge is -2.32. The van der Waals surface area contributed by atoms with Gasteiger partial charge in [-0.15, -0.1) is 0 Å². The fraction of sp³-hybridized carbons (Fsp3) is 0.538. The molecule has 0 bridgehead atoms. The van der Waals surface area contributed by atoms with Gasteiger partial charge in [-0.05, 0) is 46.9 Å². The third-order valence-electron chi connectivity index (χ3n) is 3.22. The van der Waals surface area contributed by atoms with Gasteiger partial charge in [0.25, 0.3) is 0 Å². The maximum absolute atomic E-state index is 13.4.